The Labute approximate surface area is 130 Å². The van der Waals surface area contributed by atoms with Crippen molar-refractivity contribution in [2.45, 2.75) is 6.42 Å². The number of hydrogen-bond acceptors (Lipinski definition) is 3. The van der Waals surface area contributed by atoms with Crippen molar-refractivity contribution in [1.29, 1.82) is 0 Å². The maximum atomic E-state index is 10.9. The summed E-state index contributed by atoms with van der Waals surface area (Å²) in [7, 11) is 0. The van der Waals surface area contributed by atoms with Gasteiger partial charge in [-0.15, -0.1) is 0 Å². The minimum Gasteiger partial charge on any atom is -0.303 e. The molecule has 5 heteroatoms. The van der Waals surface area contributed by atoms with Gasteiger partial charge < -0.3 is 4.79 Å². The lowest BCUT2D eigenvalue weighted by Crippen LogP contribution is -1.99. The fraction of sp³-hybridized carbons (Fsp3) is 0.0625. The van der Waals surface area contributed by atoms with Gasteiger partial charge in [-0.1, -0.05) is 36.4 Å². The van der Waals surface area contributed by atoms with Gasteiger partial charge in [0.1, 0.15) is 10.9 Å². The SMILES string of the molecule is O=CCc1c(/C=C/c2ccccc2)nc2ccc(Br)nn12. The molecule has 104 valence electrons. The zero-order valence-corrected chi connectivity index (χ0v) is 12.7. The van der Waals surface area contributed by atoms with Gasteiger partial charge in [0.15, 0.2) is 5.65 Å². The first kappa shape index (κ1) is 13.7. The Morgan fingerprint density at radius 2 is 1.90 bits per heavy atom. The van der Waals surface area contributed by atoms with E-state index < -0.39 is 0 Å². The van der Waals surface area contributed by atoms with E-state index in [4.69, 9.17) is 0 Å². The van der Waals surface area contributed by atoms with Gasteiger partial charge in [-0.2, -0.15) is 5.10 Å². The summed E-state index contributed by atoms with van der Waals surface area (Å²) in [5.74, 6) is 0. The van der Waals surface area contributed by atoms with Gasteiger partial charge in [0, 0.05) is 6.42 Å². The van der Waals surface area contributed by atoms with Crippen LogP contribution in [-0.2, 0) is 11.2 Å². The van der Waals surface area contributed by atoms with Crippen molar-refractivity contribution in [3.8, 4) is 0 Å². The molecule has 3 aromatic rings. The van der Waals surface area contributed by atoms with Gasteiger partial charge in [-0.05, 0) is 39.7 Å². The van der Waals surface area contributed by atoms with E-state index in [-0.39, 0.29) is 6.42 Å². The van der Waals surface area contributed by atoms with Crippen LogP contribution >= 0.6 is 15.9 Å². The second-order valence-corrected chi connectivity index (χ2v) is 5.30. The molecule has 0 bridgehead atoms. The summed E-state index contributed by atoms with van der Waals surface area (Å²) in [4.78, 5) is 15.4. The van der Waals surface area contributed by atoms with Crippen LogP contribution in [0.1, 0.15) is 17.0 Å². The van der Waals surface area contributed by atoms with Crippen LogP contribution in [-0.4, -0.2) is 20.9 Å². The number of rotatable bonds is 4. The predicted octanol–water partition coefficient (Wildman–Crippen LogP) is 3.40. The second kappa shape index (κ2) is 6.01. The van der Waals surface area contributed by atoms with Crippen molar-refractivity contribution in [2.75, 3.05) is 0 Å². The van der Waals surface area contributed by atoms with E-state index in [1.807, 2.05) is 54.6 Å². The molecule has 1 aromatic carbocycles. The number of benzene rings is 1. The Kier molecular flexibility index (Phi) is 3.92. The molecule has 0 aliphatic carbocycles. The first-order valence-electron chi connectivity index (χ1n) is 6.49. The Hall–Kier alpha value is -2.27. The third-order valence-electron chi connectivity index (χ3n) is 3.08. The topological polar surface area (TPSA) is 47.3 Å². The van der Waals surface area contributed by atoms with Crippen molar-refractivity contribution in [2.24, 2.45) is 0 Å². The third-order valence-corrected chi connectivity index (χ3v) is 3.50. The molecule has 0 aliphatic heterocycles. The van der Waals surface area contributed by atoms with Crippen molar-refractivity contribution >= 4 is 40.0 Å². The zero-order valence-electron chi connectivity index (χ0n) is 11.1. The van der Waals surface area contributed by atoms with Crippen LogP contribution in [0.5, 0.6) is 0 Å². The number of fused-ring (bicyclic) bond motifs is 1. The van der Waals surface area contributed by atoms with Crippen molar-refractivity contribution in [1.82, 2.24) is 14.6 Å². The highest BCUT2D eigenvalue weighted by Gasteiger charge is 2.11. The molecule has 0 fully saturated rings. The van der Waals surface area contributed by atoms with Crippen LogP contribution in [0.3, 0.4) is 0 Å². The Morgan fingerprint density at radius 3 is 2.67 bits per heavy atom. The maximum absolute atomic E-state index is 10.9. The average Bonchev–Trinajstić information content (AvgIpc) is 2.84. The molecule has 0 unspecified atom stereocenters. The number of carbonyl (C=O) groups is 1. The summed E-state index contributed by atoms with van der Waals surface area (Å²) >= 11 is 3.34. The van der Waals surface area contributed by atoms with Crippen molar-refractivity contribution < 1.29 is 4.79 Å². The highest BCUT2D eigenvalue weighted by atomic mass is 79.9. The van der Waals surface area contributed by atoms with E-state index in [2.05, 4.69) is 26.0 Å². The van der Waals surface area contributed by atoms with Crippen LogP contribution in [0.4, 0.5) is 0 Å². The van der Waals surface area contributed by atoms with Crippen LogP contribution in [0.15, 0.2) is 47.1 Å². The molecular weight excluding hydrogens is 330 g/mol. The van der Waals surface area contributed by atoms with Gasteiger partial charge >= 0.3 is 0 Å². The molecule has 3 rings (SSSR count). The lowest BCUT2D eigenvalue weighted by molar-refractivity contribution is -0.107. The lowest BCUT2D eigenvalue weighted by atomic mass is 10.2. The molecule has 0 spiro atoms. The standard InChI is InChI=1S/C16H12BrN3O/c17-15-8-9-16-18-13(14(10-11-21)20(16)19-15)7-6-12-4-2-1-3-5-12/h1-9,11H,10H2/b7-6+. The summed E-state index contributed by atoms with van der Waals surface area (Å²) in [5.41, 5.74) is 3.36. The average molecular weight is 342 g/mol. The van der Waals surface area contributed by atoms with E-state index in [0.717, 1.165) is 28.9 Å². The summed E-state index contributed by atoms with van der Waals surface area (Å²) in [6.07, 6.45) is 5.03. The molecular formula is C16H12BrN3O. The van der Waals surface area contributed by atoms with Crippen LogP contribution in [0, 0.1) is 0 Å². The van der Waals surface area contributed by atoms with E-state index >= 15 is 0 Å². The number of halogens is 1. The zero-order chi connectivity index (χ0) is 14.7. The lowest BCUT2D eigenvalue weighted by Gasteiger charge is -1.98. The summed E-state index contributed by atoms with van der Waals surface area (Å²) in [6, 6.07) is 13.7. The first-order chi connectivity index (χ1) is 10.3. The highest BCUT2D eigenvalue weighted by molar-refractivity contribution is 9.10. The number of aldehydes is 1. The van der Waals surface area contributed by atoms with Gasteiger partial charge in [-0.25, -0.2) is 9.50 Å². The Bertz CT molecular complexity index is 809. The molecule has 0 amide bonds. The molecule has 2 aromatic heterocycles. The first-order valence-corrected chi connectivity index (χ1v) is 7.28. The molecule has 4 nitrogen and oxygen atoms in total. The number of aromatic nitrogens is 3. The van der Waals surface area contributed by atoms with Crippen molar-refractivity contribution in [3.63, 3.8) is 0 Å². The number of nitrogens with zero attached hydrogens (tertiary/aromatic N) is 3. The van der Waals surface area contributed by atoms with E-state index in [9.17, 15) is 4.79 Å². The summed E-state index contributed by atoms with van der Waals surface area (Å²) in [6.45, 7) is 0. The number of hydrogen-bond donors (Lipinski definition) is 0. The van der Waals surface area contributed by atoms with Gasteiger partial charge in [0.05, 0.1) is 11.4 Å². The molecule has 0 atom stereocenters. The minimum atomic E-state index is 0.277. The molecule has 0 radical (unpaired) electrons. The van der Waals surface area contributed by atoms with Crippen LogP contribution in [0.2, 0.25) is 0 Å². The van der Waals surface area contributed by atoms with Gasteiger partial charge in [0.2, 0.25) is 0 Å². The van der Waals surface area contributed by atoms with E-state index in [1.54, 1.807) is 4.52 Å². The minimum absolute atomic E-state index is 0.277. The normalized spacial score (nSPS) is 11.3. The maximum Gasteiger partial charge on any atom is 0.154 e. The summed E-state index contributed by atoms with van der Waals surface area (Å²) in [5, 5.41) is 4.35. The smallest absolute Gasteiger partial charge is 0.154 e. The summed E-state index contributed by atoms with van der Waals surface area (Å²) < 4.78 is 2.40. The molecule has 0 aliphatic rings. The Balaban J connectivity index is 2.07. The largest absolute Gasteiger partial charge is 0.303 e. The monoisotopic (exact) mass is 341 g/mol. The molecule has 0 N–H and O–H groups in total. The van der Waals surface area contributed by atoms with Crippen LogP contribution < -0.4 is 0 Å². The van der Waals surface area contributed by atoms with E-state index in [1.165, 1.54) is 0 Å². The molecule has 2 heterocycles. The van der Waals surface area contributed by atoms with Gasteiger partial charge in [0.25, 0.3) is 0 Å². The number of imidazole rings is 1. The molecule has 0 saturated heterocycles. The molecule has 21 heavy (non-hydrogen) atoms. The highest BCUT2D eigenvalue weighted by Crippen LogP contribution is 2.17. The van der Waals surface area contributed by atoms with Gasteiger partial charge in [-0.3, -0.25) is 0 Å². The quantitative estimate of drug-likeness (QED) is 0.683. The Morgan fingerprint density at radius 1 is 1.10 bits per heavy atom. The fourth-order valence-corrected chi connectivity index (χ4v) is 2.41. The number of carbonyl (C=O) groups excluding carboxylic acids is 1. The van der Waals surface area contributed by atoms with Crippen molar-refractivity contribution in [3.05, 3.63) is 64.0 Å². The third kappa shape index (κ3) is 2.92. The molecule has 0 saturated carbocycles. The second-order valence-electron chi connectivity index (χ2n) is 4.48. The fourth-order valence-electron chi connectivity index (χ4n) is 2.12. The predicted molar refractivity (Wildman–Crippen MR) is 85.8 cm³/mol. The van der Waals surface area contributed by atoms with E-state index in [0.29, 0.717) is 4.60 Å². The van der Waals surface area contributed by atoms with Crippen LogP contribution in [0.25, 0.3) is 17.8 Å².